The molecule has 3 rings (SSSR count). The van der Waals surface area contributed by atoms with Crippen molar-refractivity contribution in [1.29, 1.82) is 0 Å². The number of hydrogen-bond acceptors (Lipinski definition) is 8. The molecule has 262 valence electrons. The van der Waals surface area contributed by atoms with Crippen LogP contribution in [0.3, 0.4) is 0 Å². The highest BCUT2D eigenvalue weighted by Gasteiger charge is 2.54. The number of aliphatic hydroxyl groups is 1. The summed E-state index contributed by atoms with van der Waals surface area (Å²) in [6.45, 7) is 20.3. The van der Waals surface area contributed by atoms with E-state index in [0.717, 1.165) is 16.9 Å². The Morgan fingerprint density at radius 3 is 2.17 bits per heavy atom. The molecule has 1 aliphatic rings. The van der Waals surface area contributed by atoms with Crippen molar-refractivity contribution < 1.29 is 38.0 Å². The predicted molar refractivity (Wildman–Crippen MR) is 188 cm³/mol. The zero-order chi connectivity index (χ0) is 35.0. The fourth-order valence-electron chi connectivity index (χ4n) is 5.40. The SMILES string of the molecule is COC(=O)/C=C1\C[C@@H](C[C@@H](OCc2ccc(OC)cc2)[C@H](C)OCc2ccccc2)O[C@@](C)(C(C)(C)CO[Si](C)(C)C(C)(C)C)C1O. The van der Waals surface area contributed by atoms with Crippen molar-refractivity contribution in [2.75, 3.05) is 20.8 Å². The summed E-state index contributed by atoms with van der Waals surface area (Å²) >= 11 is 0. The summed E-state index contributed by atoms with van der Waals surface area (Å²) < 4.78 is 36.8. The first-order valence-electron chi connectivity index (χ1n) is 16.6. The minimum atomic E-state index is -2.10. The van der Waals surface area contributed by atoms with Gasteiger partial charge in [0.1, 0.15) is 17.5 Å². The maximum atomic E-state index is 12.5. The molecule has 0 aromatic heterocycles. The monoisotopic (exact) mass is 670 g/mol. The van der Waals surface area contributed by atoms with Crippen LogP contribution in [0.5, 0.6) is 5.75 Å². The van der Waals surface area contributed by atoms with Crippen LogP contribution in [0, 0.1) is 5.41 Å². The molecule has 0 spiro atoms. The highest BCUT2D eigenvalue weighted by molar-refractivity contribution is 6.74. The lowest BCUT2D eigenvalue weighted by molar-refractivity contribution is -0.226. The highest BCUT2D eigenvalue weighted by atomic mass is 28.4. The van der Waals surface area contributed by atoms with Gasteiger partial charge in [-0.15, -0.1) is 0 Å². The lowest BCUT2D eigenvalue weighted by Gasteiger charge is -2.53. The Balaban J connectivity index is 1.90. The molecule has 2 aromatic rings. The second-order valence-electron chi connectivity index (χ2n) is 15.1. The van der Waals surface area contributed by atoms with Crippen LogP contribution in [-0.4, -0.2) is 70.2 Å². The van der Waals surface area contributed by atoms with Crippen molar-refractivity contribution >= 4 is 14.3 Å². The van der Waals surface area contributed by atoms with E-state index in [2.05, 4.69) is 47.7 Å². The Kier molecular flexibility index (Phi) is 13.4. The van der Waals surface area contributed by atoms with E-state index in [1.54, 1.807) is 7.11 Å². The lowest BCUT2D eigenvalue weighted by Crippen LogP contribution is -2.61. The number of carbonyl (C=O) groups is 1. The van der Waals surface area contributed by atoms with Crippen LogP contribution >= 0.6 is 0 Å². The van der Waals surface area contributed by atoms with E-state index in [-0.39, 0.29) is 23.4 Å². The third-order valence-corrected chi connectivity index (χ3v) is 14.7. The summed E-state index contributed by atoms with van der Waals surface area (Å²) in [4.78, 5) is 12.5. The largest absolute Gasteiger partial charge is 0.497 e. The van der Waals surface area contributed by atoms with Crippen molar-refractivity contribution in [3.05, 3.63) is 77.4 Å². The van der Waals surface area contributed by atoms with Crippen LogP contribution in [-0.2, 0) is 41.4 Å². The molecular formula is C38H58O8Si. The number of esters is 1. The molecule has 1 heterocycles. The summed E-state index contributed by atoms with van der Waals surface area (Å²) in [7, 11) is 0.889. The molecule has 1 fully saturated rings. The molecule has 1 unspecified atom stereocenters. The first kappa shape index (κ1) is 38.9. The molecule has 1 N–H and O–H groups in total. The van der Waals surface area contributed by atoms with E-state index >= 15 is 0 Å². The molecule has 0 radical (unpaired) electrons. The van der Waals surface area contributed by atoms with E-state index in [1.807, 2.05) is 68.4 Å². The van der Waals surface area contributed by atoms with Gasteiger partial charge in [0.25, 0.3) is 0 Å². The number of hydrogen-bond donors (Lipinski definition) is 1. The maximum Gasteiger partial charge on any atom is 0.330 e. The minimum absolute atomic E-state index is 0.0266. The van der Waals surface area contributed by atoms with Crippen LogP contribution in [0.4, 0.5) is 0 Å². The Labute approximate surface area is 283 Å². The van der Waals surface area contributed by atoms with Gasteiger partial charge >= 0.3 is 5.97 Å². The van der Waals surface area contributed by atoms with Crippen molar-refractivity contribution in [3.63, 3.8) is 0 Å². The minimum Gasteiger partial charge on any atom is -0.497 e. The van der Waals surface area contributed by atoms with Crippen LogP contribution in [0.2, 0.25) is 18.1 Å². The number of aliphatic hydroxyl groups excluding tert-OH is 1. The van der Waals surface area contributed by atoms with Gasteiger partial charge in [-0.1, -0.05) is 77.1 Å². The van der Waals surface area contributed by atoms with Crippen molar-refractivity contribution in [2.24, 2.45) is 5.41 Å². The van der Waals surface area contributed by atoms with Crippen LogP contribution in [0.25, 0.3) is 0 Å². The van der Waals surface area contributed by atoms with Gasteiger partial charge in [0.15, 0.2) is 8.32 Å². The highest BCUT2D eigenvalue weighted by Crippen LogP contribution is 2.47. The van der Waals surface area contributed by atoms with Crippen molar-refractivity contribution in [3.8, 4) is 5.75 Å². The fourth-order valence-corrected chi connectivity index (χ4v) is 6.55. The number of carbonyl (C=O) groups excluding carboxylic acids is 1. The molecule has 8 nitrogen and oxygen atoms in total. The van der Waals surface area contributed by atoms with Gasteiger partial charge in [-0.3, -0.25) is 0 Å². The van der Waals surface area contributed by atoms with Crippen molar-refractivity contribution in [2.45, 2.75) is 123 Å². The molecular weight excluding hydrogens is 612 g/mol. The number of ether oxygens (including phenoxy) is 5. The van der Waals surface area contributed by atoms with Gasteiger partial charge in [-0.2, -0.15) is 0 Å². The lowest BCUT2D eigenvalue weighted by atomic mass is 9.68. The quantitative estimate of drug-likeness (QED) is 0.118. The van der Waals surface area contributed by atoms with Crippen LogP contribution in [0.1, 0.15) is 72.4 Å². The smallest absolute Gasteiger partial charge is 0.330 e. The van der Waals surface area contributed by atoms with Gasteiger partial charge in [-0.25, -0.2) is 4.79 Å². The second kappa shape index (κ2) is 16.2. The molecule has 5 atom stereocenters. The average Bonchev–Trinajstić information content (AvgIpc) is 3.03. The molecule has 0 aliphatic carbocycles. The van der Waals surface area contributed by atoms with Gasteiger partial charge in [0.05, 0.1) is 45.7 Å². The normalized spacial score (nSPS) is 22.9. The molecule has 47 heavy (non-hydrogen) atoms. The molecule has 0 amide bonds. The third kappa shape index (κ3) is 10.2. The summed E-state index contributed by atoms with van der Waals surface area (Å²) in [6.07, 6.45) is 0.183. The van der Waals surface area contributed by atoms with E-state index in [4.69, 9.17) is 28.1 Å². The zero-order valence-electron chi connectivity index (χ0n) is 30.4. The Bertz CT molecular complexity index is 1300. The first-order chi connectivity index (χ1) is 21.9. The fraction of sp³-hybridized carbons (Fsp3) is 0.605. The van der Waals surface area contributed by atoms with Gasteiger partial charge < -0.3 is 33.2 Å². The standard InChI is InChI=1S/C38H58O8Si/c1-27(43-24-28-15-13-12-14-16-28)33(44-25-29-17-19-31(41-8)20-18-29)23-32-21-30(22-34(39)42-9)35(40)38(7,46-32)37(5,6)26-45-47(10,11)36(2,3)4/h12-20,22,27,32-33,35,40H,21,23-26H2,1-11H3/b30-22+/t27-,32-,33+,35?,38+/m0/s1. The molecule has 2 aromatic carbocycles. The van der Waals surface area contributed by atoms with Gasteiger partial charge in [-0.05, 0) is 67.2 Å². The van der Waals surface area contributed by atoms with Gasteiger partial charge in [0.2, 0.25) is 0 Å². The molecule has 9 heteroatoms. The van der Waals surface area contributed by atoms with E-state index in [9.17, 15) is 9.90 Å². The molecule has 1 aliphatic heterocycles. The summed E-state index contributed by atoms with van der Waals surface area (Å²) in [5.74, 6) is 0.271. The van der Waals surface area contributed by atoms with E-state index < -0.39 is 31.4 Å². The Morgan fingerprint density at radius 1 is 1.00 bits per heavy atom. The number of rotatable bonds is 15. The topological polar surface area (TPSA) is 92.7 Å². The first-order valence-corrected chi connectivity index (χ1v) is 19.5. The van der Waals surface area contributed by atoms with Gasteiger partial charge in [0, 0.05) is 24.5 Å². The predicted octanol–water partition coefficient (Wildman–Crippen LogP) is 7.63. The Morgan fingerprint density at radius 2 is 1.60 bits per heavy atom. The second-order valence-corrected chi connectivity index (χ2v) is 19.9. The molecule has 1 saturated heterocycles. The molecule has 0 saturated carbocycles. The summed E-state index contributed by atoms with van der Waals surface area (Å²) in [5, 5.41) is 11.8. The summed E-state index contributed by atoms with van der Waals surface area (Å²) in [5.41, 5.74) is 0.954. The zero-order valence-corrected chi connectivity index (χ0v) is 31.4. The van der Waals surface area contributed by atoms with Crippen molar-refractivity contribution in [1.82, 2.24) is 0 Å². The van der Waals surface area contributed by atoms with Crippen LogP contribution < -0.4 is 4.74 Å². The Hall–Kier alpha value is -2.53. The average molecular weight is 671 g/mol. The van der Waals surface area contributed by atoms with Crippen LogP contribution in [0.15, 0.2) is 66.2 Å². The third-order valence-electron chi connectivity index (χ3n) is 10.2. The number of methoxy groups -OCH3 is 2. The molecule has 0 bridgehead atoms. The summed E-state index contributed by atoms with van der Waals surface area (Å²) in [6, 6.07) is 17.8. The maximum absolute atomic E-state index is 12.5. The van der Waals surface area contributed by atoms with E-state index in [1.165, 1.54) is 13.2 Å². The number of benzene rings is 2. The van der Waals surface area contributed by atoms with E-state index in [0.29, 0.717) is 38.2 Å².